The lowest BCUT2D eigenvalue weighted by atomic mass is 10.2. The van der Waals surface area contributed by atoms with Gasteiger partial charge in [0.25, 0.3) is 0 Å². The molecule has 0 fully saturated rings. The first kappa shape index (κ1) is 20.2. The Morgan fingerprint density at radius 1 is 0.960 bits per heavy atom. The zero-order valence-electron chi connectivity index (χ0n) is 13.4. The van der Waals surface area contributed by atoms with Crippen molar-refractivity contribution in [1.29, 1.82) is 0 Å². The summed E-state index contributed by atoms with van der Waals surface area (Å²) in [6, 6.07) is 10.1. The molecule has 6 nitrogen and oxygen atoms in total. The lowest BCUT2D eigenvalue weighted by Crippen LogP contribution is -2.24. The van der Waals surface area contributed by atoms with Crippen LogP contribution in [0, 0.1) is 0 Å². The normalized spacial score (nSPS) is 12.5. The summed E-state index contributed by atoms with van der Waals surface area (Å²) in [6.07, 6.45) is 0. The van der Waals surface area contributed by atoms with E-state index in [1.165, 1.54) is 44.4 Å². The van der Waals surface area contributed by atoms with Crippen molar-refractivity contribution in [2.24, 2.45) is 0 Å². The van der Waals surface area contributed by atoms with Gasteiger partial charge < -0.3 is 0 Å². The van der Waals surface area contributed by atoms with Crippen LogP contribution in [-0.4, -0.2) is 35.2 Å². The van der Waals surface area contributed by atoms with Crippen LogP contribution in [0.3, 0.4) is 0 Å². The summed E-state index contributed by atoms with van der Waals surface area (Å²) in [6.45, 7) is -0.0204. The molecular formula is C15H16Cl2N2O4S2. The lowest BCUT2D eigenvalue weighted by molar-refractivity contribution is 0.520. The van der Waals surface area contributed by atoms with E-state index < -0.39 is 20.0 Å². The van der Waals surface area contributed by atoms with E-state index in [1.807, 2.05) is 0 Å². The largest absolute Gasteiger partial charge is 0.242 e. The monoisotopic (exact) mass is 422 g/mol. The smallest absolute Gasteiger partial charge is 0.207 e. The summed E-state index contributed by atoms with van der Waals surface area (Å²) in [4.78, 5) is 0.00969. The van der Waals surface area contributed by atoms with Gasteiger partial charge in [-0.15, -0.1) is 0 Å². The highest BCUT2D eigenvalue weighted by Gasteiger charge is 2.19. The fraction of sp³-hybridized carbons (Fsp3) is 0.200. The average Bonchev–Trinajstić information content (AvgIpc) is 2.55. The molecule has 2 aromatic rings. The molecule has 0 atom stereocenters. The third kappa shape index (κ3) is 4.72. The lowest BCUT2D eigenvalue weighted by Gasteiger charge is -2.12. The van der Waals surface area contributed by atoms with Crippen molar-refractivity contribution in [3.05, 3.63) is 58.1 Å². The van der Waals surface area contributed by atoms with E-state index in [-0.39, 0.29) is 26.4 Å². The fourth-order valence-corrected chi connectivity index (χ4v) is 4.61. The van der Waals surface area contributed by atoms with Gasteiger partial charge in [-0.25, -0.2) is 25.9 Å². The Morgan fingerprint density at radius 2 is 1.56 bits per heavy atom. The van der Waals surface area contributed by atoms with Crippen molar-refractivity contribution in [2.45, 2.75) is 16.3 Å². The van der Waals surface area contributed by atoms with Crippen molar-refractivity contribution in [3.63, 3.8) is 0 Å². The number of halogens is 2. The summed E-state index contributed by atoms with van der Waals surface area (Å²) in [5.41, 5.74) is 0.597. The van der Waals surface area contributed by atoms with Gasteiger partial charge in [0.05, 0.1) is 9.92 Å². The summed E-state index contributed by atoms with van der Waals surface area (Å²) in [5, 5.41) is 0.312. The zero-order valence-corrected chi connectivity index (χ0v) is 16.5. The molecule has 0 bridgehead atoms. The van der Waals surface area contributed by atoms with Gasteiger partial charge in [-0.1, -0.05) is 35.3 Å². The zero-order chi connectivity index (χ0) is 18.8. The molecule has 1 N–H and O–H groups in total. The highest BCUT2D eigenvalue weighted by molar-refractivity contribution is 7.89. The quantitative estimate of drug-likeness (QED) is 0.775. The second-order valence-electron chi connectivity index (χ2n) is 5.33. The first-order valence-electron chi connectivity index (χ1n) is 7.00. The number of hydrogen-bond acceptors (Lipinski definition) is 4. The molecule has 0 spiro atoms. The van der Waals surface area contributed by atoms with Gasteiger partial charge in [-0.3, -0.25) is 0 Å². The second-order valence-corrected chi connectivity index (χ2v) is 10.1. The highest BCUT2D eigenvalue weighted by atomic mass is 35.5. The predicted octanol–water partition coefficient (Wildman–Crippen LogP) is 2.72. The Hall–Kier alpha value is -1.16. The Labute approximate surface area is 157 Å². The van der Waals surface area contributed by atoms with Crippen LogP contribution in [0.5, 0.6) is 0 Å². The van der Waals surface area contributed by atoms with Crippen LogP contribution in [0.4, 0.5) is 0 Å². The van der Waals surface area contributed by atoms with E-state index in [9.17, 15) is 16.8 Å². The van der Waals surface area contributed by atoms with E-state index in [4.69, 9.17) is 23.2 Å². The standard InChI is InChI=1S/C15H16Cl2N2O4S2/c1-19(2)25(22,23)13-6-3-11(4-7-13)10-18-24(20,21)15-9-12(16)5-8-14(15)17/h3-9,18H,10H2,1-2H3. The van der Waals surface area contributed by atoms with Gasteiger partial charge in [0, 0.05) is 25.7 Å². The summed E-state index contributed by atoms with van der Waals surface area (Å²) >= 11 is 11.7. The minimum Gasteiger partial charge on any atom is -0.207 e. The fourth-order valence-electron chi connectivity index (χ4n) is 1.93. The van der Waals surface area contributed by atoms with Gasteiger partial charge in [0.2, 0.25) is 20.0 Å². The molecule has 25 heavy (non-hydrogen) atoms. The van der Waals surface area contributed by atoms with Crippen molar-refractivity contribution >= 4 is 43.2 Å². The number of nitrogens with zero attached hydrogens (tertiary/aromatic N) is 1. The molecule has 0 amide bonds. The van der Waals surface area contributed by atoms with Crippen LogP contribution in [0.1, 0.15) is 5.56 Å². The van der Waals surface area contributed by atoms with Gasteiger partial charge in [0.1, 0.15) is 4.90 Å². The molecule has 0 aliphatic carbocycles. The molecule has 0 aliphatic heterocycles. The first-order chi connectivity index (χ1) is 11.5. The third-order valence-corrected chi connectivity index (χ3v) is 7.30. The molecule has 0 unspecified atom stereocenters. The average molecular weight is 423 g/mol. The Kier molecular flexibility index (Phi) is 6.13. The molecule has 0 heterocycles. The van der Waals surface area contributed by atoms with Crippen LogP contribution in [0.15, 0.2) is 52.3 Å². The number of benzene rings is 2. The van der Waals surface area contributed by atoms with Gasteiger partial charge in [0.15, 0.2) is 0 Å². The highest BCUT2D eigenvalue weighted by Crippen LogP contribution is 2.25. The number of hydrogen-bond donors (Lipinski definition) is 1. The molecule has 0 radical (unpaired) electrons. The summed E-state index contributed by atoms with van der Waals surface area (Å²) in [5.74, 6) is 0. The molecule has 0 aliphatic rings. The van der Waals surface area contributed by atoms with Gasteiger partial charge >= 0.3 is 0 Å². The summed E-state index contributed by atoms with van der Waals surface area (Å²) < 4.78 is 52.2. The van der Waals surface area contributed by atoms with E-state index in [2.05, 4.69) is 4.72 Å². The minimum atomic E-state index is -3.86. The first-order valence-corrected chi connectivity index (χ1v) is 10.7. The molecule has 10 heteroatoms. The molecule has 2 aromatic carbocycles. The van der Waals surface area contributed by atoms with Crippen LogP contribution < -0.4 is 4.72 Å². The Morgan fingerprint density at radius 3 is 2.12 bits per heavy atom. The molecule has 0 aromatic heterocycles. The van der Waals surface area contributed by atoms with Gasteiger partial charge in [-0.05, 0) is 35.9 Å². The van der Waals surface area contributed by atoms with E-state index in [1.54, 1.807) is 12.1 Å². The SMILES string of the molecule is CN(C)S(=O)(=O)c1ccc(CNS(=O)(=O)c2cc(Cl)ccc2Cl)cc1. The van der Waals surface area contributed by atoms with E-state index >= 15 is 0 Å². The maximum absolute atomic E-state index is 12.3. The summed E-state index contributed by atoms with van der Waals surface area (Å²) in [7, 11) is -4.51. The molecule has 0 saturated carbocycles. The van der Waals surface area contributed by atoms with Crippen LogP contribution >= 0.6 is 23.2 Å². The van der Waals surface area contributed by atoms with Crippen LogP contribution in [0.2, 0.25) is 10.0 Å². The maximum Gasteiger partial charge on any atom is 0.242 e. The molecule has 136 valence electrons. The minimum absolute atomic E-state index is 0.0204. The van der Waals surface area contributed by atoms with Crippen molar-refractivity contribution < 1.29 is 16.8 Å². The number of rotatable bonds is 6. The van der Waals surface area contributed by atoms with Crippen molar-refractivity contribution in [3.8, 4) is 0 Å². The van der Waals surface area contributed by atoms with Crippen molar-refractivity contribution in [1.82, 2.24) is 9.03 Å². The van der Waals surface area contributed by atoms with Crippen molar-refractivity contribution in [2.75, 3.05) is 14.1 Å². The molecular weight excluding hydrogens is 407 g/mol. The molecule has 2 rings (SSSR count). The predicted molar refractivity (Wildman–Crippen MR) is 97.8 cm³/mol. The second kappa shape index (κ2) is 7.61. The topological polar surface area (TPSA) is 83.6 Å². The van der Waals surface area contributed by atoms with Crippen LogP contribution in [0.25, 0.3) is 0 Å². The Balaban J connectivity index is 2.17. The van der Waals surface area contributed by atoms with E-state index in [0.717, 1.165) is 4.31 Å². The molecule has 0 saturated heterocycles. The number of sulfonamides is 2. The Bertz CT molecular complexity index is 973. The van der Waals surface area contributed by atoms with Crippen LogP contribution in [-0.2, 0) is 26.6 Å². The third-order valence-electron chi connectivity index (χ3n) is 3.35. The van der Waals surface area contributed by atoms with Gasteiger partial charge in [-0.2, -0.15) is 0 Å². The van der Waals surface area contributed by atoms with E-state index in [0.29, 0.717) is 5.56 Å². The number of nitrogens with one attached hydrogen (secondary N) is 1. The maximum atomic E-state index is 12.3.